The van der Waals surface area contributed by atoms with Gasteiger partial charge in [0.1, 0.15) is 0 Å². The number of amides is 1. The van der Waals surface area contributed by atoms with E-state index in [0.29, 0.717) is 22.8 Å². The minimum absolute atomic E-state index is 0.0457. The predicted octanol–water partition coefficient (Wildman–Crippen LogP) is 4.38. The number of hydrogen-bond acceptors (Lipinski definition) is 4. The molecule has 0 spiro atoms. The molecule has 0 aliphatic carbocycles. The maximum atomic E-state index is 12.7. The van der Waals surface area contributed by atoms with Crippen LogP contribution >= 0.6 is 0 Å². The van der Waals surface area contributed by atoms with E-state index < -0.39 is 17.6 Å². The molecule has 0 bridgehead atoms. The molecule has 0 fully saturated rings. The standard InChI is InChI=1S/C19H18F3NO4/c1-25-15-9-12(10-16(26-2)18(15)27-3)7-8-17(24)23-14-6-4-5-13(11-14)19(20,21)22/h4-11H,1-3H3,(H,23,24). The topological polar surface area (TPSA) is 56.8 Å². The summed E-state index contributed by atoms with van der Waals surface area (Å²) >= 11 is 0. The van der Waals surface area contributed by atoms with Crippen molar-refractivity contribution in [1.82, 2.24) is 0 Å². The average Bonchev–Trinajstić information content (AvgIpc) is 2.64. The normalized spacial score (nSPS) is 11.3. The van der Waals surface area contributed by atoms with Crippen molar-refractivity contribution in [1.29, 1.82) is 0 Å². The van der Waals surface area contributed by atoms with E-state index in [1.165, 1.54) is 45.6 Å². The number of ether oxygens (including phenoxy) is 3. The lowest BCUT2D eigenvalue weighted by atomic mass is 10.1. The van der Waals surface area contributed by atoms with Crippen molar-refractivity contribution in [3.05, 3.63) is 53.6 Å². The number of carbonyl (C=O) groups excluding carboxylic acids is 1. The summed E-state index contributed by atoms with van der Waals surface area (Å²) in [7, 11) is 4.40. The van der Waals surface area contributed by atoms with Gasteiger partial charge in [0.05, 0.1) is 26.9 Å². The van der Waals surface area contributed by atoms with Gasteiger partial charge >= 0.3 is 6.18 Å². The Balaban J connectivity index is 2.18. The molecule has 0 saturated heterocycles. The number of alkyl halides is 3. The summed E-state index contributed by atoms with van der Waals surface area (Å²) in [5.41, 5.74) is -0.207. The highest BCUT2D eigenvalue weighted by Gasteiger charge is 2.30. The molecule has 0 heterocycles. The van der Waals surface area contributed by atoms with Crippen LogP contribution in [-0.2, 0) is 11.0 Å². The number of rotatable bonds is 6. The first-order valence-electron chi connectivity index (χ1n) is 7.74. The van der Waals surface area contributed by atoms with Gasteiger partial charge in [-0.05, 0) is 42.0 Å². The van der Waals surface area contributed by atoms with E-state index in [0.717, 1.165) is 12.1 Å². The summed E-state index contributed by atoms with van der Waals surface area (Å²) in [5, 5.41) is 2.39. The van der Waals surface area contributed by atoms with Crippen LogP contribution in [0.5, 0.6) is 17.2 Å². The average molecular weight is 381 g/mol. The molecule has 0 unspecified atom stereocenters. The van der Waals surface area contributed by atoms with Gasteiger partial charge in [-0.1, -0.05) is 6.07 Å². The third kappa shape index (κ3) is 5.16. The number of nitrogens with one attached hydrogen (secondary N) is 1. The molecule has 1 N–H and O–H groups in total. The third-order valence-corrected chi connectivity index (χ3v) is 3.57. The molecule has 0 radical (unpaired) electrons. The molecule has 8 heteroatoms. The largest absolute Gasteiger partial charge is 0.493 e. The molecule has 0 aliphatic rings. The second kappa shape index (κ2) is 8.48. The Morgan fingerprint density at radius 2 is 1.63 bits per heavy atom. The van der Waals surface area contributed by atoms with Crippen LogP contribution in [0.1, 0.15) is 11.1 Å². The van der Waals surface area contributed by atoms with Crippen LogP contribution < -0.4 is 19.5 Å². The number of methoxy groups -OCH3 is 3. The second-order valence-electron chi connectivity index (χ2n) is 5.36. The van der Waals surface area contributed by atoms with Crippen LogP contribution in [0.2, 0.25) is 0 Å². The molecule has 0 aromatic heterocycles. The van der Waals surface area contributed by atoms with Crippen molar-refractivity contribution < 1.29 is 32.2 Å². The van der Waals surface area contributed by atoms with E-state index in [1.54, 1.807) is 12.1 Å². The lowest BCUT2D eigenvalue weighted by Gasteiger charge is -2.12. The van der Waals surface area contributed by atoms with E-state index in [-0.39, 0.29) is 5.69 Å². The molecule has 0 saturated carbocycles. The lowest BCUT2D eigenvalue weighted by Crippen LogP contribution is -2.10. The Bertz CT molecular complexity index is 822. The SMILES string of the molecule is COc1cc(C=CC(=O)Nc2cccc(C(F)(F)F)c2)cc(OC)c1OC. The summed E-state index contributed by atoms with van der Waals surface area (Å²) in [6.07, 6.45) is -1.80. The summed E-state index contributed by atoms with van der Waals surface area (Å²) in [6.45, 7) is 0. The van der Waals surface area contributed by atoms with Crippen LogP contribution in [0, 0.1) is 0 Å². The quantitative estimate of drug-likeness (QED) is 0.755. The highest BCUT2D eigenvalue weighted by molar-refractivity contribution is 6.02. The van der Waals surface area contributed by atoms with Gasteiger partial charge in [0.15, 0.2) is 11.5 Å². The summed E-state index contributed by atoms with van der Waals surface area (Å²) in [5.74, 6) is 0.651. The molecule has 2 rings (SSSR count). The first kappa shape index (κ1) is 20.2. The molecule has 2 aromatic rings. The number of benzene rings is 2. The van der Waals surface area contributed by atoms with E-state index in [9.17, 15) is 18.0 Å². The van der Waals surface area contributed by atoms with Crippen LogP contribution in [-0.4, -0.2) is 27.2 Å². The first-order valence-corrected chi connectivity index (χ1v) is 7.74. The molecule has 2 aromatic carbocycles. The van der Waals surface area contributed by atoms with E-state index in [2.05, 4.69) is 5.32 Å². The Morgan fingerprint density at radius 3 is 2.15 bits per heavy atom. The predicted molar refractivity (Wildman–Crippen MR) is 95.2 cm³/mol. The van der Waals surface area contributed by atoms with Crippen LogP contribution in [0.15, 0.2) is 42.5 Å². The van der Waals surface area contributed by atoms with Gasteiger partial charge in [0, 0.05) is 11.8 Å². The molecule has 27 heavy (non-hydrogen) atoms. The summed E-state index contributed by atoms with van der Waals surface area (Å²) in [4.78, 5) is 12.0. The van der Waals surface area contributed by atoms with Gasteiger partial charge in [-0.3, -0.25) is 4.79 Å². The van der Waals surface area contributed by atoms with E-state index >= 15 is 0 Å². The molecular weight excluding hydrogens is 363 g/mol. The fraction of sp³-hybridized carbons (Fsp3) is 0.211. The minimum atomic E-state index is -4.48. The van der Waals surface area contributed by atoms with E-state index in [1.807, 2.05) is 0 Å². The van der Waals surface area contributed by atoms with E-state index in [4.69, 9.17) is 14.2 Å². The molecular formula is C19H18F3NO4. The number of hydrogen-bond donors (Lipinski definition) is 1. The van der Waals surface area contributed by atoms with Gasteiger partial charge in [0.2, 0.25) is 11.7 Å². The van der Waals surface area contributed by atoms with Crippen molar-refractivity contribution >= 4 is 17.7 Å². The molecule has 144 valence electrons. The number of carbonyl (C=O) groups is 1. The molecule has 0 atom stereocenters. The van der Waals surface area contributed by atoms with Gasteiger partial charge in [0.25, 0.3) is 0 Å². The zero-order valence-corrected chi connectivity index (χ0v) is 14.9. The maximum absolute atomic E-state index is 12.7. The smallest absolute Gasteiger partial charge is 0.416 e. The van der Waals surface area contributed by atoms with Gasteiger partial charge in [-0.25, -0.2) is 0 Å². The first-order chi connectivity index (χ1) is 12.8. The molecule has 1 amide bonds. The van der Waals surface area contributed by atoms with Gasteiger partial charge in [-0.15, -0.1) is 0 Å². The number of anilines is 1. The van der Waals surface area contributed by atoms with Crippen LogP contribution in [0.25, 0.3) is 6.08 Å². The van der Waals surface area contributed by atoms with Crippen LogP contribution in [0.3, 0.4) is 0 Å². The number of halogens is 3. The zero-order valence-electron chi connectivity index (χ0n) is 14.9. The Labute approximate surface area is 154 Å². The molecule has 5 nitrogen and oxygen atoms in total. The Morgan fingerprint density at radius 1 is 1.00 bits per heavy atom. The van der Waals surface area contributed by atoms with Crippen LogP contribution in [0.4, 0.5) is 18.9 Å². The zero-order chi connectivity index (χ0) is 20.0. The maximum Gasteiger partial charge on any atom is 0.416 e. The second-order valence-corrected chi connectivity index (χ2v) is 5.36. The fourth-order valence-corrected chi connectivity index (χ4v) is 2.33. The van der Waals surface area contributed by atoms with Crippen molar-refractivity contribution in [3.8, 4) is 17.2 Å². The third-order valence-electron chi connectivity index (χ3n) is 3.57. The molecule has 0 aliphatic heterocycles. The summed E-state index contributed by atoms with van der Waals surface area (Å²) < 4.78 is 53.8. The van der Waals surface area contributed by atoms with Crippen molar-refractivity contribution in [3.63, 3.8) is 0 Å². The Hall–Kier alpha value is -3.16. The monoisotopic (exact) mass is 381 g/mol. The fourth-order valence-electron chi connectivity index (χ4n) is 2.33. The highest BCUT2D eigenvalue weighted by Crippen LogP contribution is 2.38. The van der Waals surface area contributed by atoms with Crippen molar-refractivity contribution in [2.45, 2.75) is 6.18 Å². The Kier molecular flexibility index (Phi) is 6.33. The lowest BCUT2D eigenvalue weighted by molar-refractivity contribution is -0.137. The van der Waals surface area contributed by atoms with Crippen molar-refractivity contribution in [2.75, 3.05) is 26.6 Å². The minimum Gasteiger partial charge on any atom is -0.493 e. The van der Waals surface area contributed by atoms with Crippen molar-refractivity contribution in [2.24, 2.45) is 0 Å². The van der Waals surface area contributed by atoms with Gasteiger partial charge in [-0.2, -0.15) is 13.2 Å². The highest BCUT2D eigenvalue weighted by atomic mass is 19.4. The van der Waals surface area contributed by atoms with Gasteiger partial charge < -0.3 is 19.5 Å². The summed E-state index contributed by atoms with van der Waals surface area (Å²) in [6, 6.07) is 7.67.